The van der Waals surface area contributed by atoms with Crippen LogP contribution in [0.4, 0.5) is 21.0 Å². The van der Waals surface area contributed by atoms with E-state index in [-0.39, 0.29) is 35.5 Å². The Morgan fingerprint density at radius 2 is 1.12 bits per heavy atom. The van der Waals surface area contributed by atoms with Gasteiger partial charge in [-0.1, -0.05) is 45.6 Å². The predicted molar refractivity (Wildman–Crippen MR) is 194 cm³/mol. The predicted octanol–water partition coefficient (Wildman–Crippen LogP) is 3.71. The molecule has 0 aromatic heterocycles. The summed E-state index contributed by atoms with van der Waals surface area (Å²) in [5.74, 6) is 4.49. The van der Waals surface area contributed by atoms with Crippen LogP contribution < -0.4 is 21.3 Å². The Bertz CT molecular complexity index is 1700. The number of carbonyl (C=O) groups excluding carboxylic acids is 6. The molecule has 2 heterocycles. The van der Waals surface area contributed by atoms with Crippen molar-refractivity contribution in [1.82, 2.24) is 20.4 Å². The minimum atomic E-state index is -0.820. The Balaban J connectivity index is 1.36. The molecule has 2 aliphatic heterocycles. The Labute approximate surface area is 304 Å². The lowest BCUT2D eigenvalue weighted by molar-refractivity contribution is -0.139. The van der Waals surface area contributed by atoms with E-state index in [9.17, 15) is 28.8 Å². The van der Waals surface area contributed by atoms with Gasteiger partial charge in [0.1, 0.15) is 24.2 Å². The van der Waals surface area contributed by atoms with Gasteiger partial charge >= 0.3 is 12.2 Å². The zero-order valence-corrected chi connectivity index (χ0v) is 30.5. The minimum Gasteiger partial charge on any atom is -0.453 e. The molecular weight excluding hydrogens is 668 g/mol. The Morgan fingerprint density at radius 1 is 0.654 bits per heavy atom. The highest BCUT2D eigenvalue weighted by atomic mass is 16.5. The highest BCUT2D eigenvalue weighted by Crippen LogP contribution is 2.24. The SMILES string of the molecule is COC(=O)N[C@H](C(=O)N1CCC[C@H]1C(=O)Nc1ccc(C#Cc2cccc(NC(=O)[C@@H]3CCCN3C(=O)[C@@H](NC(=O)OC)C(C)C)c2)cc1)C(C)C. The molecule has 2 aliphatic rings. The first-order valence-corrected chi connectivity index (χ1v) is 17.5. The van der Waals surface area contributed by atoms with Crippen LogP contribution in [0, 0.1) is 23.7 Å². The third-order valence-electron chi connectivity index (χ3n) is 9.09. The largest absolute Gasteiger partial charge is 0.453 e. The van der Waals surface area contributed by atoms with Gasteiger partial charge in [-0.2, -0.15) is 0 Å². The van der Waals surface area contributed by atoms with E-state index in [0.717, 1.165) is 0 Å². The number of methoxy groups -OCH3 is 2. The summed E-state index contributed by atoms with van der Waals surface area (Å²) >= 11 is 0. The number of rotatable bonds is 10. The molecule has 4 rings (SSSR count). The molecule has 0 spiro atoms. The van der Waals surface area contributed by atoms with Gasteiger partial charge in [0.05, 0.1) is 14.2 Å². The van der Waals surface area contributed by atoms with Gasteiger partial charge in [-0.15, -0.1) is 0 Å². The summed E-state index contributed by atoms with van der Waals surface area (Å²) in [6, 6.07) is 11.1. The smallest absolute Gasteiger partial charge is 0.407 e. The first-order chi connectivity index (χ1) is 24.8. The second-order valence-electron chi connectivity index (χ2n) is 13.5. The standard InChI is InChI=1S/C38H48N6O8/c1-23(2)31(41-37(49)51-5)35(47)43-20-8-12-29(43)33(45)39-27-18-16-25(17-19-27)14-15-26-10-7-11-28(22-26)40-34(46)30-13-9-21-44(30)36(48)32(24(3)4)42-38(50)52-6/h7,10-11,16-19,22-24,29-32H,8-9,12-13,20-21H2,1-6H3,(H,39,45)(H,40,46)(H,41,49)(H,42,50)/t29-,30-,31-,32-/m0/s1. The van der Waals surface area contributed by atoms with Gasteiger partial charge in [0.25, 0.3) is 0 Å². The van der Waals surface area contributed by atoms with E-state index in [1.54, 1.807) is 42.5 Å². The number of carbonyl (C=O) groups is 6. The molecule has 0 aliphatic carbocycles. The maximum absolute atomic E-state index is 13.3. The molecule has 2 fully saturated rings. The van der Waals surface area contributed by atoms with Crippen LogP contribution in [0.5, 0.6) is 0 Å². The summed E-state index contributed by atoms with van der Waals surface area (Å²) in [4.78, 5) is 79.9. The lowest BCUT2D eigenvalue weighted by atomic mass is 10.0. The van der Waals surface area contributed by atoms with E-state index in [4.69, 9.17) is 0 Å². The summed E-state index contributed by atoms with van der Waals surface area (Å²) in [6.45, 7) is 8.08. The van der Waals surface area contributed by atoms with Crippen LogP contribution in [0.15, 0.2) is 48.5 Å². The van der Waals surface area contributed by atoms with Crippen molar-refractivity contribution in [2.75, 3.05) is 37.9 Å². The lowest BCUT2D eigenvalue weighted by Gasteiger charge is -2.30. The van der Waals surface area contributed by atoms with Crippen molar-refractivity contribution < 1.29 is 38.2 Å². The Hall–Kier alpha value is -5.58. The fourth-order valence-electron chi connectivity index (χ4n) is 6.27. The third kappa shape index (κ3) is 10.0. The second kappa shape index (κ2) is 18.1. The van der Waals surface area contributed by atoms with Gasteiger partial charge in [-0.3, -0.25) is 19.2 Å². The molecule has 0 radical (unpaired) electrons. The molecule has 52 heavy (non-hydrogen) atoms. The van der Waals surface area contributed by atoms with Crippen LogP contribution in [0.1, 0.15) is 64.5 Å². The number of benzene rings is 2. The number of nitrogens with one attached hydrogen (secondary N) is 4. The molecule has 2 aromatic carbocycles. The van der Waals surface area contributed by atoms with Crippen molar-refractivity contribution in [3.63, 3.8) is 0 Å². The third-order valence-corrected chi connectivity index (χ3v) is 9.09. The molecule has 2 aromatic rings. The maximum atomic E-state index is 13.3. The van der Waals surface area contributed by atoms with Crippen LogP contribution in [0.3, 0.4) is 0 Å². The molecule has 0 unspecified atom stereocenters. The van der Waals surface area contributed by atoms with Crippen LogP contribution in [-0.4, -0.2) is 97.1 Å². The fourth-order valence-corrected chi connectivity index (χ4v) is 6.27. The van der Waals surface area contributed by atoms with Gasteiger partial charge < -0.3 is 40.5 Å². The summed E-state index contributed by atoms with van der Waals surface area (Å²) < 4.78 is 9.35. The molecule has 4 atom stereocenters. The van der Waals surface area contributed by atoms with E-state index in [2.05, 4.69) is 42.6 Å². The van der Waals surface area contributed by atoms with Gasteiger partial charge in [0.15, 0.2) is 0 Å². The van der Waals surface area contributed by atoms with Crippen molar-refractivity contribution in [3.8, 4) is 11.8 Å². The zero-order chi connectivity index (χ0) is 37.9. The number of ether oxygens (including phenoxy) is 2. The number of hydrogen-bond donors (Lipinski definition) is 4. The molecule has 14 nitrogen and oxygen atoms in total. The number of hydrogen-bond acceptors (Lipinski definition) is 8. The van der Waals surface area contributed by atoms with E-state index in [0.29, 0.717) is 61.3 Å². The maximum Gasteiger partial charge on any atom is 0.407 e. The highest BCUT2D eigenvalue weighted by Gasteiger charge is 2.40. The Morgan fingerprint density at radius 3 is 1.58 bits per heavy atom. The van der Waals surface area contributed by atoms with Gasteiger partial charge in [-0.25, -0.2) is 9.59 Å². The molecular formula is C38H48N6O8. The van der Waals surface area contributed by atoms with E-state index in [1.165, 1.54) is 24.0 Å². The first-order valence-electron chi connectivity index (χ1n) is 17.5. The molecule has 14 heteroatoms. The number of nitrogens with zero attached hydrogens (tertiary/aromatic N) is 2. The molecule has 2 saturated heterocycles. The van der Waals surface area contributed by atoms with Crippen molar-refractivity contribution in [3.05, 3.63) is 59.7 Å². The number of amides is 6. The van der Waals surface area contributed by atoms with Crippen molar-refractivity contribution in [2.24, 2.45) is 11.8 Å². The second-order valence-corrected chi connectivity index (χ2v) is 13.5. The van der Waals surface area contributed by atoms with E-state index < -0.39 is 36.4 Å². The number of likely N-dealkylation sites (tertiary alicyclic amines) is 2. The average molecular weight is 717 g/mol. The van der Waals surface area contributed by atoms with Crippen molar-refractivity contribution in [2.45, 2.75) is 77.5 Å². The van der Waals surface area contributed by atoms with Crippen LogP contribution in [-0.2, 0) is 28.7 Å². The van der Waals surface area contributed by atoms with Gasteiger partial charge in [0.2, 0.25) is 23.6 Å². The highest BCUT2D eigenvalue weighted by molar-refractivity contribution is 5.99. The number of anilines is 2. The van der Waals surface area contributed by atoms with E-state index in [1.807, 2.05) is 33.8 Å². The monoisotopic (exact) mass is 716 g/mol. The molecule has 6 amide bonds. The van der Waals surface area contributed by atoms with E-state index >= 15 is 0 Å². The summed E-state index contributed by atoms with van der Waals surface area (Å²) in [5, 5.41) is 11.0. The summed E-state index contributed by atoms with van der Waals surface area (Å²) in [7, 11) is 2.46. The Kier molecular flexibility index (Phi) is 13.6. The van der Waals surface area contributed by atoms with Crippen molar-refractivity contribution in [1.29, 1.82) is 0 Å². The van der Waals surface area contributed by atoms with Gasteiger partial charge in [0, 0.05) is 35.6 Å². The summed E-state index contributed by atoms with van der Waals surface area (Å²) in [5.41, 5.74) is 2.43. The number of alkyl carbamates (subject to hydrolysis) is 2. The van der Waals surface area contributed by atoms with Crippen LogP contribution in [0.2, 0.25) is 0 Å². The molecule has 0 bridgehead atoms. The minimum absolute atomic E-state index is 0.201. The lowest BCUT2D eigenvalue weighted by Crippen LogP contribution is -2.54. The summed E-state index contributed by atoms with van der Waals surface area (Å²) in [6.07, 6.45) is 0.925. The van der Waals surface area contributed by atoms with Crippen LogP contribution >= 0.6 is 0 Å². The molecule has 4 N–H and O–H groups in total. The zero-order valence-electron chi connectivity index (χ0n) is 30.5. The topological polar surface area (TPSA) is 175 Å². The van der Waals surface area contributed by atoms with Crippen molar-refractivity contribution >= 4 is 47.2 Å². The molecule has 278 valence electrons. The normalized spacial score (nSPS) is 17.8. The molecule has 0 saturated carbocycles. The fraction of sp³-hybridized carbons (Fsp3) is 0.474. The average Bonchev–Trinajstić information content (AvgIpc) is 3.83. The quantitative estimate of drug-likeness (QED) is 0.269. The van der Waals surface area contributed by atoms with Gasteiger partial charge in [-0.05, 0) is 80.0 Å². The van der Waals surface area contributed by atoms with Crippen LogP contribution in [0.25, 0.3) is 0 Å². The first kappa shape index (κ1) is 39.2.